The summed E-state index contributed by atoms with van der Waals surface area (Å²) in [6.07, 6.45) is 1.48. The normalized spacial score (nSPS) is 10.8. The van der Waals surface area contributed by atoms with Crippen LogP contribution in [0.25, 0.3) is 5.65 Å². The third kappa shape index (κ3) is 2.31. The molecule has 0 radical (unpaired) electrons. The number of fused-ring (bicyclic) bond motifs is 1. The Labute approximate surface area is 120 Å². The van der Waals surface area contributed by atoms with E-state index < -0.39 is 0 Å². The number of H-pyrrole nitrogens is 1. The van der Waals surface area contributed by atoms with Gasteiger partial charge >= 0.3 is 0 Å². The minimum Gasteiger partial charge on any atom is -0.322 e. The lowest BCUT2D eigenvalue weighted by Crippen LogP contribution is -2.17. The summed E-state index contributed by atoms with van der Waals surface area (Å²) in [6, 6.07) is 8.91. The van der Waals surface area contributed by atoms with Gasteiger partial charge in [0.2, 0.25) is 0 Å². The fourth-order valence-electron chi connectivity index (χ4n) is 2.17. The Morgan fingerprint density at radius 2 is 2.05 bits per heavy atom. The average molecular weight is 282 g/mol. The lowest BCUT2D eigenvalue weighted by atomic mass is 10.2. The largest absolute Gasteiger partial charge is 0.322 e. The van der Waals surface area contributed by atoms with E-state index in [9.17, 15) is 9.59 Å². The first-order valence-electron chi connectivity index (χ1n) is 6.51. The van der Waals surface area contributed by atoms with Crippen LogP contribution in [-0.2, 0) is 0 Å². The van der Waals surface area contributed by atoms with Crippen LogP contribution >= 0.6 is 0 Å². The van der Waals surface area contributed by atoms with Crippen LogP contribution in [0.3, 0.4) is 0 Å². The number of aryl methyl sites for hydroxylation is 2. The van der Waals surface area contributed by atoms with Crippen molar-refractivity contribution in [3.05, 3.63) is 63.7 Å². The first-order valence-corrected chi connectivity index (χ1v) is 6.51. The molecule has 2 N–H and O–H groups in total. The molecule has 0 aliphatic carbocycles. The molecule has 0 aliphatic heterocycles. The van der Waals surface area contributed by atoms with Gasteiger partial charge in [0, 0.05) is 23.6 Å². The van der Waals surface area contributed by atoms with Crippen LogP contribution in [0.4, 0.5) is 5.69 Å². The number of nitrogens with one attached hydrogen (secondary N) is 2. The van der Waals surface area contributed by atoms with E-state index >= 15 is 0 Å². The number of hydrogen-bond donors (Lipinski definition) is 2. The van der Waals surface area contributed by atoms with Gasteiger partial charge < -0.3 is 5.32 Å². The maximum absolute atomic E-state index is 12.4. The van der Waals surface area contributed by atoms with Gasteiger partial charge in [0.25, 0.3) is 11.5 Å². The maximum atomic E-state index is 12.4. The highest BCUT2D eigenvalue weighted by Gasteiger charge is 2.15. The predicted octanol–water partition coefficient (Wildman–Crippen LogP) is 1.89. The van der Waals surface area contributed by atoms with Gasteiger partial charge in [-0.3, -0.25) is 14.7 Å². The molecule has 0 aliphatic rings. The summed E-state index contributed by atoms with van der Waals surface area (Å²) in [5, 5.41) is 5.58. The molecule has 6 heteroatoms. The standard InChI is InChI=1S/C15H14N4O2/c1-9-5-3-4-6-12(9)18-15(21)11-8-16-19-13(20)7-10(2)17-14(11)19/h3-8,16H,1-2H3,(H,18,21). The number of carbonyl (C=O) groups is 1. The van der Waals surface area contributed by atoms with Gasteiger partial charge in [0.1, 0.15) is 5.56 Å². The number of amides is 1. The molecule has 0 saturated heterocycles. The highest BCUT2D eigenvalue weighted by atomic mass is 16.2. The van der Waals surface area contributed by atoms with Crippen LogP contribution in [0, 0.1) is 13.8 Å². The van der Waals surface area contributed by atoms with Crippen LogP contribution in [0.1, 0.15) is 21.6 Å². The average Bonchev–Trinajstić information content (AvgIpc) is 2.85. The summed E-state index contributed by atoms with van der Waals surface area (Å²) >= 11 is 0. The predicted molar refractivity (Wildman–Crippen MR) is 79.7 cm³/mol. The van der Waals surface area contributed by atoms with Gasteiger partial charge in [-0.2, -0.15) is 0 Å². The third-order valence-electron chi connectivity index (χ3n) is 3.26. The molecule has 2 heterocycles. The lowest BCUT2D eigenvalue weighted by Gasteiger charge is -2.06. The summed E-state index contributed by atoms with van der Waals surface area (Å²) in [4.78, 5) is 28.4. The number of nitrogens with zero attached hydrogens (tertiary/aromatic N) is 2. The first-order chi connectivity index (χ1) is 10.1. The van der Waals surface area contributed by atoms with Crippen molar-refractivity contribution >= 4 is 17.2 Å². The zero-order chi connectivity index (χ0) is 15.0. The fraction of sp³-hybridized carbons (Fsp3) is 0.133. The van der Waals surface area contributed by atoms with Crippen LogP contribution < -0.4 is 10.9 Å². The number of hydrogen-bond acceptors (Lipinski definition) is 3. The number of benzene rings is 1. The van der Waals surface area contributed by atoms with Crippen molar-refractivity contribution in [2.75, 3.05) is 5.32 Å². The second-order valence-electron chi connectivity index (χ2n) is 4.85. The van der Waals surface area contributed by atoms with E-state index in [1.54, 1.807) is 6.92 Å². The molecule has 0 spiro atoms. The monoisotopic (exact) mass is 282 g/mol. The topological polar surface area (TPSA) is 79.3 Å². The SMILES string of the molecule is Cc1cc(=O)n2[nH]cc(C(=O)Nc3ccccc3C)c2n1. The molecular weight excluding hydrogens is 268 g/mol. The highest BCUT2D eigenvalue weighted by Crippen LogP contribution is 2.15. The zero-order valence-electron chi connectivity index (χ0n) is 11.7. The molecule has 0 atom stereocenters. The van der Waals surface area contributed by atoms with Crippen LogP contribution in [0.5, 0.6) is 0 Å². The number of aromatic nitrogens is 3. The Kier molecular flexibility index (Phi) is 3.06. The van der Waals surface area contributed by atoms with E-state index in [-0.39, 0.29) is 11.5 Å². The van der Waals surface area contributed by atoms with Crippen molar-refractivity contribution in [2.24, 2.45) is 0 Å². The van der Waals surface area contributed by atoms with E-state index in [2.05, 4.69) is 15.4 Å². The van der Waals surface area contributed by atoms with Gasteiger partial charge in [-0.15, -0.1) is 0 Å². The molecular formula is C15H14N4O2. The van der Waals surface area contributed by atoms with E-state index in [1.807, 2.05) is 31.2 Å². The van der Waals surface area contributed by atoms with Crippen molar-refractivity contribution in [2.45, 2.75) is 13.8 Å². The van der Waals surface area contributed by atoms with E-state index in [4.69, 9.17) is 0 Å². The maximum Gasteiger partial charge on any atom is 0.272 e. The van der Waals surface area contributed by atoms with Crippen LogP contribution in [0.15, 0.2) is 41.3 Å². The number of aromatic amines is 1. The molecule has 21 heavy (non-hydrogen) atoms. The van der Waals surface area contributed by atoms with Crippen LogP contribution in [-0.4, -0.2) is 20.5 Å². The molecule has 6 nitrogen and oxygen atoms in total. The Hall–Kier alpha value is -2.89. The summed E-state index contributed by atoms with van der Waals surface area (Å²) in [7, 11) is 0. The Bertz CT molecular complexity index is 892. The van der Waals surface area contributed by atoms with Gasteiger partial charge in [-0.1, -0.05) is 18.2 Å². The molecule has 0 bridgehead atoms. The van der Waals surface area contributed by atoms with Crippen LogP contribution in [0.2, 0.25) is 0 Å². The van der Waals surface area contributed by atoms with Crippen molar-refractivity contribution in [1.29, 1.82) is 0 Å². The van der Waals surface area contributed by atoms with E-state index in [1.165, 1.54) is 16.8 Å². The molecule has 2 aromatic heterocycles. The van der Waals surface area contributed by atoms with Gasteiger partial charge in [-0.25, -0.2) is 9.50 Å². The third-order valence-corrected chi connectivity index (χ3v) is 3.26. The summed E-state index contributed by atoms with van der Waals surface area (Å²) in [5.41, 5.74) is 2.69. The van der Waals surface area contributed by atoms with E-state index in [0.717, 1.165) is 11.3 Å². The number of anilines is 1. The molecule has 1 aromatic carbocycles. The first kappa shape index (κ1) is 13.1. The molecule has 3 rings (SSSR count). The molecule has 0 unspecified atom stereocenters. The Morgan fingerprint density at radius 1 is 1.29 bits per heavy atom. The molecule has 1 amide bonds. The number of para-hydroxylation sites is 1. The minimum absolute atomic E-state index is 0.243. The van der Waals surface area contributed by atoms with Gasteiger partial charge in [-0.05, 0) is 25.5 Å². The quantitative estimate of drug-likeness (QED) is 0.753. The van der Waals surface area contributed by atoms with Crippen molar-refractivity contribution in [3.8, 4) is 0 Å². The van der Waals surface area contributed by atoms with Gasteiger partial charge in [0.15, 0.2) is 5.65 Å². The Morgan fingerprint density at radius 3 is 2.81 bits per heavy atom. The Balaban J connectivity index is 2.03. The zero-order valence-corrected chi connectivity index (χ0v) is 11.7. The van der Waals surface area contributed by atoms with Crippen molar-refractivity contribution in [1.82, 2.24) is 14.6 Å². The number of rotatable bonds is 2. The van der Waals surface area contributed by atoms with E-state index in [0.29, 0.717) is 16.9 Å². The highest BCUT2D eigenvalue weighted by molar-refractivity contribution is 6.08. The second-order valence-corrected chi connectivity index (χ2v) is 4.85. The smallest absolute Gasteiger partial charge is 0.272 e. The van der Waals surface area contributed by atoms with Crippen molar-refractivity contribution in [3.63, 3.8) is 0 Å². The lowest BCUT2D eigenvalue weighted by molar-refractivity contribution is 0.102. The summed E-state index contributed by atoms with van der Waals surface area (Å²) in [6.45, 7) is 3.63. The molecule has 3 aromatic rings. The molecule has 106 valence electrons. The van der Waals surface area contributed by atoms with Gasteiger partial charge in [0.05, 0.1) is 0 Å². The minimum atomic E-state index is -0.305. The van der Waals surface area contributed by atoms with Crippen molar-refractivity contribution < 1.29 is 4.79 Å². The second kappa shape index (κ2) is 4.90. The molecule has 0 fully saturated rings. The fourth-order valence-corrected chi connectivity index (χ4v) is 2.17. The summed E-state index contributed by atoms with van der Waals surface area (Å²) < 4.78 is 1.25. The number of carbonyl (C=O) groups excluding carboxylic acids is 1. The summed E-state index contributed by atoms with van der Waals surface area (Å²) in [5.74, 6) is -0.305. The molecule has 0 saturated carbocycles.